The molecule has 0 fully saturated rings. The van der Waals surface area contributed by atoms with Crippen molar-refractivity contribution in [1.82, 2.24) is 14.7 Å². The topological polar surface area (TPSA) is 59.4 Å². The lowest BCUT2D eigenvalue weighted by atomic mass is 9.94. The maximum Gasteiger partial charge on any atom is 0.253 e. The van der Waals surface area contributed by atoms with E-state index in [9.17, 15) is 4.79 Å². The van der Waals surface area contributed by atoms with Gasteiger partial charge in [-0.3, -0.25) is 4.79 Å². The van der Waals surface area contributed by atoms with Crippen molar-refractivity contribution in [1.29, 1.82) is 0 Å². The normalized spacial score (nSPS) is 16.3. The number of methoxy groups -OCH3 is 1. The molecule has 1 N–H and O–H groups in total. The molecule has 0 saturated heterocycles. The number of carbonyl (C=O) groups is 1. The Balaban J connectivity index is 2.07. The van der Waals surface area contributed by atoms with E-state index in [1.807, 2.05) is 19.1 Å². The first kappa shape index (κ1) is 18.8. The smallest absolute Gasteiger partial charge is 0.253 e. The van der Waals surface area contributed by atoms with Gasteiger partial charge in [-0.1, -0.05) is 29.3 Å². The summed E-state index contributed by atoms with van der Waals surface area (Å²) in [5.41, 5.74) is 2.23. The summed E-state index contributed by atoms with van der Waals surface area (Å²) >= 11 is 12.3. The minimum absolute atomic E-state index is 0.0933. The van der Waals surface area contributed by atoms with E-state index in [1.54, 1.807) is 42.1 Å². The fourth-order valence-electron chi connectivity index (χ4n) is 3.01. The Labute approximate surface area is 162 Å². The number of anilines is 1. The van der Waals surface area contributed by atoms with Crippen LogP contribution in [0.4, 0.5) is 5.82 Å². The first-order chi connectivity index (χ1) is 12.4. The van der Waals surface area contributed by atoms with Crippen molar-refractivity contribution in [2.45, 2.75) is 13.0 Å². The Morgan fingerprint density at radius 2 is 2.12 bits per heavy atom. The third-order valence-corrected chi connectivity index (χ3v) is 5.11. The van der Waals surface area contributed by atoms with E-state index in [1.165, 1.54) is 0 Å². The molecule has 6 nitrogen and oxygen atoms in total. The lowest BCUT2D eigenvalue weighted by Crippen LogP contribution is -2.37. The average molecular weight is 395 g/mol. The van der Waals surface area contributed by atoms with E-state index in [4.69, 9.17) is 27.9 Å². The Morgan fingerprint density at radius 3 is 2.81 bits per heavy atom. The molecule has 0 aliphatic carbocycles. The molecule has 138 valence electrons. The number of hydrogen-bond acceptors (Lipinski definition) is 4. The number of nitrogens with one attached hydrogen (secondary N) is 1. The fourth-order valence-corrected chi connectivity index (χ4v) is 3.32. The number of ether oxygens (including phenoxy) is 1. The predicted molar refractivity (Wildman–Crippen MR) is 103 cm³/mol. The van der Waals surface area contributed by atoms with Crippen molar-refractivity contribution in [3.63, 3.8) is 0 Å². The zero-order chi connectivity index (χ0) is 18.8. The first-order valence-electron chi connectivity index (χ1n) is 8.14. The number of allylic oxidation sites excluding steroid dienone is 1. The molecular weight excluding hydrogens is 375 g/mol. The summed E-state index contributed by atoms with van der Waals surface area (Å²) in [4.78, 5) is 14.8. The Hall–Kier alpha value is -2.02. The van der Waals surface area contributed by atoms with Crippen LogP contribution in [-0.4, -0.2) is 47.9 Å². The molecule has 1 unspecified atom stereocenters. The molecule has 0 spiro atoms. The molecule has 2 aromatic rings. The molecule has 26 heavy (non-hydrogen) atoms. The highest BCUT2D eigenvalue weighted by atomic mass is 35.5. The van der Waals surface area contributed by atoms with Crippen LogP contribution in [0.25, 0.3) is 0 Å². The van der Waals surface area contributed by atoms with Gasteiger partial charge < -0.3 is 15.0 Å². The van der Waals surface area contributed by atoms with Crippen LogP contribution in [0.1, 0.15) is 18.5 Å². The lowest BCUT2D eigenvalue weighted by Gasteiger charge is -2.32. The second kappa shape index (κ2) is 7.70. The summed E-state index contributed by atoms with van der Waals surface area (Å²) in [6.45, 7) is 2.84. The standard InChI is InChI=1S/C18H20Cl2N4O2/c1-11-16(18(25)23(2)8-9-26-3)17(24-15(22-11)6-7-21-24)12-4-5-13(19)14(20)10-12/h4-7,10,17,22H,8-9H2,1-3H3. The Bertz CT molecular complexity index is 863. The summed E-state index contributed by atoms with van der Waals surface area (Å²) in [5.74, 6) is 0.721. The molecule has 1 aliphatic rings. The minimum Gasteiger partial charge on any atom is -0.383 e. The molecule has 3 rings (SSSR count). The fraction of sp³-hybridized carbons (Fsp3) is 0.333. The van der Waals surface area contributed by atoms with Crippen LogP contribution in [0.5, 0.6) is 0 Å². The van der Waals surface area contributed by atoms with Crippen LogP contribution in [0.3, 0.4) is 0 Å². The van der Waals surface area contributed by atoms with Crippen LogP contribution in [0.2, 0.25) is 10.0 Å². The van der Waals surface area contributed by atoms with Gasteiger partial charge in [0.15, 0.2) is 0 Å². The summed E-state index contributed by atoms with van der Waals surface area (Å²) < 4.78 is 6.87. The van der Waals surface area contributed by atoms with Crippen molar-refractivity contribution < 1.29 is 9.53 Å². The number of nitrogens with zero attached hydrogens (tertiary/aromatic N) is 3. The zero-order valence-corrected chi connectivity index (χ0v) is 16.3. The van der Waals surface area contributed by atoms with Gasteiger partial charge in [0.2, 0.25) is 0 Å². The lowest BCUT2D eigenvalue weighted by molar-refractivity contribution is -0.126. The van der Waals surface area contributed by atoms with E-state index in [0.717, 1.165) is 17.1 Å². The summed E-state index contributed by atoms with van der Waals surface area (Å²) in [7, 11) is 3.37. The van der Waals surface area contributed by atoms with Gasteiger partial charge in [0.25, 0.3) is 5.91 Å². The number of rotatable bonds is 5. The highest BCUT2D eigenvalue weighted by molar-refractivity contribution is 6.42. The van der Waals surface area contributed by atoms with Gasteiger partial charge in [-0.25, -0.2) is 4.68 Å². The summed E-state index contributed by atoms with van der Waals surface area (Å²) in [5, 5.41) is 8.56. The van der Waals surface area contributed by atoms with Crippen molar-refractivity contribution in [2.24, 2.45) is 0 Å². The van der Waals surface area contributed by atoms with Crippen molar-refractivity contribution in [2.75, 3.05) is 32.6 Å². The molecule has 2 heterocycles. The van der Waals surface area contributed by atoms with Crippen molar-refractivity contribution >= 4 is 34.9 Å². The molecule has 1 aromatic heterocycles. The Morgan fingerprint density at radius 1 is 1.35 bits per heavy atom. The average Bonchev–Trinajstić information content (AvgIpc) is 3.08. The van der Waals surface area contributed by atoms with E-state index < -0.39 is 6.04 Å². The number of aromatic nitrogens is 2. The largest absolute Gasteiger partial charge is 0.383 e. The number of carbonyl (C=O) groups excluding carboxylic acids is 1. The van der Waals surface area contributed by atoms with Crippen LogP contribution in [0.15, 0.2) is 41.7 Å². The van der Waals surface area contributed by atoms with Crippen molar-refractivity contribution in [3.05, 3.63) is 57.3 Å². The summed E-state index contributed by atoms with van der Waals surface area (Å²) in [6, 6.07) is 6.85. The molecular formula is C18H20Cl2N4O2. The predicted octanol–water partition coefficient (Wildman–Crippen LogP) is 3.58. The summed E-state index contributed by atoms with van der Waals surface area (Å²) in [6.07, 6.45) is 1.70. The zero-order valence-electron chi connectivity index (χ0n) is 14.8. The number of hydrogen-bond donors (Lipinski definition) is 1. The number of halogens is 2. The number of fused-ring (bicyclic) bond motifs is 1. The van der Waals surface area contributed by atoms with E-state index in [-0.39, 0.29) is 5.91 Å². The quantitative estimate of drug-likeness (QED) is 0.841. The minimum atomic E-state index is -0.395. The van der Waals surface area contributed by atoms with Crippen LogP contribution in [0, 0.1) is 0 Å². The first-order valence-corrected chi connectivity index (χ1v) is 8.90. The van der Waals surface area contributed by atoms with Gasteiger partial charge in [0, 0.05) is 32.5 Å². The van der Waals surface area contributed by atoms with Crippen LogP contribution >= 0.6 is 23.2 Å². The molecule has 0 radical (unpaired) electrons. The molecule has 1 aromatic carbocycles. The van der Waals surface area contributed by atoms with Crippen LogP contribution < -0.4 is 5.32 Å². The highest BCUT2D eigenvalue weighted by Crippen LogP contribution is 2.38. The number of amides is 1. The van der Waals surface area contributed by atoms with Gasteiger partial charge in [-0.2, -0.15) is 5.10 Å². The molecule has 1 atom stereocenters. The molecule has 0 bridgehead atoms. The monoisotopic (exact) mass is 394 g/mol. The second-order valence-corrected chi connectivity index (χ2v) is 6.93. The van der Waals surface area contributed by atoms with Gasteiger partial charge in [0.1, 0.15) is 11.9 Å². The number of likely N-dealkylation sites (N-methyl/N-ethyl adjacent to an activating group) is 1. The van der Waals surface area contributed by atoms with Gasteiger partial charge in [0.05, 0.1) is 28.4 Å². The second-order valence-electron chi connectivity index (χ2n) is 6.12. The van der Waals surface area contributed by atoms with Gasteiger partial charge in [-0.05, 0) is 24.6 Å². The van der Waals surface area contributed by atoms with Crippen LogP contribution in [-0.2, 0) is 9.53 Å². The number of benzene rings is 1. The molecule has 8 heteroatoms. The van der Waals surface area contributed by atoms with Crippen molar-refractivity contribution in [3.8, 4) is 0 Å². The molecule has 1 aliphatic heterocycles. The molecule has 1 amide bonds. The molecule has 0 saturated carbocycles. The van der Waals surface area contributed by atoms with E-state index in [2.05, 4.69) is 10.4 Å². The van der Waals surface area contributed by atoms with Gasteiger partial charge in [-0.15, -0.1) is 0 Å². The third-order valence-electron chi connectivity index (χ3n) is 4.38. The Kier molecular flexibility index (Phi) is 5.55. The maximum absolute atomic E-state index is 13.2. The highest BCUT2D eigenvalue weighted by Gasteiger charge is 2.34. The third kappa shape index (κ3) is 3.45. The SMILES string of the molecule is COCCN(C)C(=O)C1=C(C)Nc2ccnn2C1c1ccc(Cl)c(Cl)c1. The van der Waals surface area contributed by atoms with E-state index in [0.29, 0.717) is 28.8 Å². The maximum atomic E-state index is 13.2. The van der Waals surface area contributed by atoms with E-state index >= 15 is 0 Å². The van der Waals surface area contributed by atoms with Gasteiger partial charge >= 0.3 is 0 Å².